The summed E-state index contributed by atoms with van der Waals surface area (Å²) in [7, 11) is 0. The van der Waals surface area contributed by atoms with Gasteiger partial charge in [-0.05, 0) is 72.7 Å². The Morgan fingerprint density at radius 2 is 1.78 bits per heavy atom. The predicted octanol–water partition coefficient (Wildman–Crippen LogP) is 6.90. The highest BCUT2D eigenvalue weighted by atomic mass is 35.5. The van der Waals surface area contributed by atoms with Gasteiger partial charge in [0, 0.05) is 68.5 Å². The van der Waals surface area contributed by atoms with Crippen LogP contribution in [0.3, 0.4) is 0 Å². The predicted molar refractivity (Wildman–Crippen MR) is 197 cm³/mol. The molecule has 2 aromatic heterocycles. The maximum absolute atomic E-state index is 9.79. The van der Waals surface area contributed by atoms with E-state index in [2.05, 4.69) is 63.3 Å². The third kappa shape index (κ3) is 9.45. The Bertz CT molecular complexity index is 1960. The molecule has 3 heterocycles. The van der Waals surface area contributed by atoms with Crippen LogP contribution in [0, 0.1) is 25.2 Å². The summed E-state index contributed by atoms with van der Waals surface area (Å²) >= 11 is 6.80. The molecule has 1 unspecified atom stereocenters. The Morgan fingerprint density at radius 3 is 2.57 bits per heavy atom. The highest BCUT2D eigenvalue weighted by Crippen LogP contribution is 2.36. The molecular weight excluding hydrogens is 664 g/mol. The van der Waals surface area contributed by atoms with E-state index < -0.39 is 0 Å². The molecule has 1 aliphatic heterocycles. The maximum atomic E-state index is 9.79. The van der Waals surface area contributed by atoms with E-state index in [-0.39, 0.29) is 12.7 Å². The molecule has 51 heavy (non-hydrogen) atoms. The minimum Gasteiger partial charge on any atom is -0.493 e. The second kappa shape index (κ2) is 17.3. The van der Waals surface area contributed by atoms with Crippen LogP contribution in [-0.4, -0.2) is 57.3 Å². The number of β-amino-alcohol motifs (C(OH)–C–C–N with tert-alkyl or cyclic N) is 1. The fourth-order valence-corrected chi connectivity index (χ4v) is 6.54. The van der Waals surface area contributed by atoms with Gasteiger partial charge in [0.1, 0.15) is 36.5 Å². The van der Waals surface area contributed by atoms with Crippen molar-refractivity contribution in [3.05, 3.63) is 124 Å². The normalized spacial score (nSPS) is 14.4. The number of rotatable bonds is 16. The Kier molecular flexibility index (Phi) is 12.2. The number of aliphatic hydroxyl groups excluding tert-OH is 1. The number of ether oxygens (including phenoxy) is 3. The quantitative estimate of drug-likeness (QED) is 0.0939. The SMILES string of the molecule is Cc1c(COc2cc(OCc3cncc(C#N)c3)c(CNCc3c[nH]cn3)cc2Cl)cccc1-c1cccc(OCCCN2CCC(O)C2)c1C. The number of likely N-dealkylation sites (tertiary alicyclic amines) is 1. The number of benzene rings is 3. The van der Waals surface area contributed by atoms with Gasteiger partial charge in [0.25, 0.3) is 0 Å². The average molecular weight is 707 g/mol. The first kappa shape index (κ1) is 35.9. The molecule has 0 spiro atoms. The van der Waals surface area contributed by atoms with Crippen LogP contribution >= 0.6 is 11.6 Å². The van der Waals surface area contributed by atoms with Gasteiger partial charge in [-0.3, -0.25) is 4.98 Å². The highest BCUT2D eigenvalue weighted by Gasteiger charge is 2.20. The molecule has 10 nitrogen and oxygen atoms in total. The molecule has 1 atom stereocenters. The number of H-pyrrole nitrogens is 1. The number of pyridine rings is 1. The van der Waals surface area contributed by atoms with E-state index in [9.17, 15) is 10.4 Å². The van der Waals surface area contributed by atoms with Gasteiger partial charge in [-0.2, -0.15) is 5.26 Å². The van der Waals surface area contributed by atoms with E-state index in [0.717, 1.165) is 82.9 Å². The molecule has 264 valence electrons. The molecule has 1 aliphatic rings. The van der Waals surface area contributed by atoms with Crippen LogP contribution in [0.15, 0.2) is 79.5 Å². The number of nitrogens with one attached hydrogen (secondary N) is 2. The van der Waals surface area contributed by atoms with Crippen molar-refractivity contribution >= 4 is 11.6 Å². The number of hydrogen-bond acceptors (Lipinski definition) is 9. The van der Waals surface area contributed by atoms with Gasteiger partial charge in [0.05, 0.1) is 35.3 Å². The Balaban J connectivity index is 1.15. The van der Waals surface area contributed by atoms with Gasteiger partial charge in [-0.15, -0.1) is 0 Å². The van der Waals surface area contributed by atoms with Gasteiger partial charge in [0.15, 0.2) is 0 Å². The topological polar surface area (TPSA) is 129 Å². The Labute approximate surface area is 304 Å². The van der Waals surface area contributed by atoms with Crippen LogP contribution in [0.2, 0.25) is 5.02 Å². The fraction of sp³-hybridized carbons (Fsp3) is 0.325. The second-order valence-corrected chi connectivity index (χ2v) is 13.2. The highest BCUT2D eigenvalue weighted by molar-refractivity contribution is 6.32. The number of imidazole rings is 1. The summed E-state index contributed by atoms with van der Waals surface area (Å²) in [4.78, 5) is 13.7. The fourth-order valence-electron chi connectivity index (χ4n) is 6.30. The zero-order valence-corrected chi connectivity index (χ0v) is 29.7. The van der Waals surface area contributed by atoms with Gasteiger partial charge in [0.2, 0.25) is 0 Å². The lowest BCUT2D eigenvalue weighted by Gasteiger charge is -2.19. The van der Waals surface area contributed by atoms with Crippen LogP contribution in [0.5, 0.6) is 17.2 Å². The smallest absolute Gasteiger partial charge is 0.142 e. The van der Waals surface area contributed by atoms with E-state index in [4.69, 9.17) is 25.8 Å². The van der Waals surface area contributed by atoms with Crippen LogP contribution in [-0.2, 0) is 26.3 Å². The molecule has 1 fully saturated rings. The first-order valence-electron chi connectivity index (χ1n) is 17.2. The van der Waals surface area contributed by atoms with Crippen molar-refractivity contribution in [3.8, 4) is 34.4 Å². The molecule has 11 heteroatoms. The average Bonchev–Trinajstić information content (AvgIpc) is 3.82. The lowest BCUT2D eigenvalue weighted by Crippen LogP contribution is -2.24. The largest absolute Gasteiger partial charge is 0.493 e. The van der Waals surface area contributed by atoms with Crippen molar-refractivity contribution in [2.24, 2.45) is 0 Å². The van der Waals surface area contributed by atoms with Crippen molar-refractivity contribution in [1.82, 2.24) is 25.2 Å². The molecule has 0 bridgehead atoms. The van der Waals surface area contributed by atoms with Gasteiger partial charge >= 0.3 is 0 Å². The van der Waals surface area contributed by atoms with Crippen molar-refractivity contribution in [2.45, 2.75) is 59.1 Å². The van der Waals surface area contributed by atoms with Crippen molar-refractivity contribution < 1.29 is 19.3 Å². The molecule has 0 saturated carbocycles. The van der Waals surface area contributed by atoms with Crippen molar-refractivity contribution in [3.63, 3.8) is 0 Å². The number of hydrogen-bond donors (Lipinski definition) is 3. The van der Waals surface area contributed by atoms with Crippen molar-refractivity contribution in [2.75, 3.05) is 26.2 Å². The third-order valence-electron chi connectivity index (χ3n) is 9.14. The minimum absolute atomic E-state index is 0.201. The summed E-state index contributed by atoms with van der Waals surface area (Å²) in [6.45, 7) is 9.05. The van der Waals surface area contributed by atoms with Crippen LogP contribution in [0.1, 0.15) is 51.9 Å². The minimum atomic E-state index is -0.201. The summed E-state index contributed by atoms with van der Waals surface area (Å²) in [5.41, 5.74) is 8.48. The molecule has 3 N–H and O–H groups in total. The van der Waals surface area contributed by atoms with Gasteiger partial charge in [-0.25, -0.2) is 4.98 Å². The zero-order chi connectivity index (χ0) is 35.6. The van der Waals surface area contributed by atoms with Crippen molar-refractivity contribution in [1.29, 1.82) is 5.26 Å². The molecule has 5 aromatic rings. The van der Waals surface area contributed by atoms with Gasteiger partial charge in [-0.1, -0.05) is 41.9 Å². The van der Waals surface area contributed by atoms with Crippen LogP contribution in [0.4, 0.5) is 0 Å². The summed E-state index contributed by atoms with van der Waals surface area (Å²) in [5, 5.41) is 23.0. The first-order chi connectivity index (χ1) is 24.9. The number of aliphatic hydroxyl groups is 1. The second-order valence-electron chi connectivity index (χ2n) is 12.8. The van der Waals surface area contributed by atoms with E-state index in [1.54, 1.807) is 18.6 Å². The zero-order valence-electron chi connectivity index (χ0n) is 29.0. The van der Waals surface area contributed by atoms with E-state index >= 15 is 0 Å². The molecule has 6 rings (SSSR count). The lowest BCUT2D eigenvalue weighted by atomic mass is 9.93. The first-order valence-corrected chi connectivity index (χ1v) is 17.6. The monoisotopic (exact) mass is 706 g/mol. The standard InChI is InChI=1S/C40H43ClN6O4/c1-27-31(6-3-7-35(27)36-8-4-9-38(28(36)2)49-13-5-11-47-12-10-34(48)23-47)25-51-40-16-39(50-24-30-14-29(17-42)18-43-19-30)32(15-37(40)41)20-44-21-33-22-45-26-46-33/h3-4,6-9,14-16,18-19,22,26,34,44,48H,5,10-13,20-21,23-25H2,1-2H3,(H,45,46). The summed E-state index contributed by atoms with van der Waals surface area (Å²) in [5.74, 6) is 2.00. The summed E-state index contributed by atoms with van der Waals surface area (Å²) in [6.07, 6.45) is 8.26. The number of halogens is 1. The summed E-state index contributed by atoms with van der Waals surface area (Å²) < 4.78 is 18.9. The third-order valence-corrected chi connectivity index (χ3v) is 9.43. The van der Waals surface area contributed by atoms with Crippen LogP contribution in [0.25, 0.3) is 11.1 Å². The van der Waals surface area contributed by atoms with Gasteiger partial charge < -0.3 is 34.5 Å². The molecule has 0 radical (unpaired) electrons. The molecule has 0 aliphatic carbocycles. The lowest BCUT2D eigenvalue weighted by molar-refractivity contribution is 0.173. The molecule has 0 amide bonds. The van der Waals surface area contributed by atoms with E-state index in [1.807, 2.05) is 36.5 Å². The maximum Gasteiger partial charge on any atom is 0.142 e. The molecule has 3 aromatic carbocycles. The van der Waals surface area contributed by atoms with Crippen LogP contribution < -0.4 is 19.5 Å². The molecule has 1 saturated heterocycles. The number of aromatic amines is 1. The van der Waals surface area contributed by atoms with E-state index in [1.165, 1.54) is 6.20 Å². The Morgan fingerprint density at radius 1 is 0.961 bits per heavy atom. The number of aromatic nitrogens is 3. The van der Waals surface area contributed by atoms with E-state index in [0.29, 0.717) is 48.4 Å². The number of nitrogens with zero attached hydrogens (tertiary/aromatic N) is 4. The molecular formula is C40H43ClN6O4. The Hall–Kier alpha value is -4.92. The number of nitriles is 1. The summed E-state index contributed by atoms with van der Waals surface area (Å²) in [6, 6.07) is 20.0.